The lowest BCUT2D eigenvalue weighted by molar-refractivity contribution is -0.115. The van der Waals surface area contributed by atoms with E-state index in [-0.39, 0.29) is 12.5 Å². The van der Waals surface area contributed by atoms with E-state index in [1.54, 1.807) is 39.1 Å². The summed E-state index contributed by atoms with van der Waals surface area (Å²) in [7, 11) is 0. The summed E-state index contributed by atoms with van der Waals surface area (Å²) < 4.78 is 10.3. The molecule has 0 aromatic carbocycles. The van der Waals surface area contributed by atoms with E-state index in [0.29, 0.717) is 16.8 Å². The van der Waals surface area contributed by atoms with Gasteiger partial charge in [0.15, 0.2) is 5.58 Å². The lowest BCUT2D eigenvalue weighted by Gasteiger charge is -2.19. The molecule has 0 aliphatic heterocycles. The molecule has 0 saturated heterocycles. The molecule has 2 amide bonds. The third kappa shape index (κ3) is 4.20. The molecular formula is C14H17N3O4. The fourth-order valence-electron chi connectivity index (χ4n) is 1.63. The van der Waals surface area contributed by atoms with Crippen LogP contribution in [-0.2, 0) is 9.53 Å². The average Bonchev–Trinajstić information content (AvgIpc) is 2.84. The molecule has 2 N–H and O–H groups in total. The van der Waals surface area contributed by atoms with Gasteiger partial charge in [-0.15, -0.1) is 0 Å². The van der Waals surface area contributed by atoms with E-state index >= 15 is 0 Å². The van der Waals surface area contributed by atoms with Gasteiger partial charge in [0.25, 0.3) is 0 Å². The van der Waals surface area contributed by atoms with Gasteiger partial charge in [-0.2, -0.15) is 0 Å². The van der Waals surface area contributed by atoms with Crippen molar-refractivity contribution in [1.82, 2.24) is 10.3 Å². The molecule has 0 fully saturated rings. The minimum atomic E-state index is -0.643. The van der Waals surface area contributed by atoms with Gasteiger partial charge in [0.05, 0.1) is 12.0 Å². The Morgan fingerprint density at radius 2 is 2.10 bits per heavy atom. The Balaban J connectivity index is 1.90. The second-order valence-corrected chi connectivity index (χ2v) is 5.40. The number of carbonyl (C=O) groups excluding carboxylic acids is 2. The number of nitrogens with zero attached hydrogens (tertiary/aromatic N) is 1. The van der Waals surface area contributed by atoms with Crippen LogP contribution in [0.25, 0.3) is 11.1 Å². The van der Waals surface area contributed by atoms with E-state index in [4.69, 9.17) is 9.15 Å². The average molecular weight is 291 g/mol. The minimum absolute atomic E-state index is 0.195. The highest BCUT2D eigenvalue weighted by Crippen LogP contribution is 2.21. The molecule has 0 aliphatic rings. The van der Waals surface area contributed by atoms with Crippen LogP contribution >= 0.6 is 0 Å². The predicted molar refractivity (Wildman–Crippen MR) is 76.9 cm³/mol. The molecule has 0 bridgehead atoms. The summed E-state index contributed by atoms with van der Waals surface area (Å²) in [5.41, 5.74) is 1.03. The van der Waals surface area contributed by atoms with Gasteiger partial charge in [-0.3, -0.25) is 9.78 Å². The van der Waals surface area contributed by atoms with Crippen LogP contribution in [0.3, 0.4) is 0 Å². The number of furan rings is 1. The molecule has 2 heterocycles. The Labute approximate surface area is 121 Å². The molecule has 2 rings (SSSR count). The standard InChI is InChI=1S/C14H17N3O4/c1-14(2,3)21-13(19)16-8-11(18)17-10-4-6-15-9-5-7-20-12(9)10/h4-7H,8H2,1-3H3,(H,16,19)(H,15,17,18). The lowest BCUT2D eigenvalue weighted by Crippen LogP contribution is -2.37. The first-order valence-electron chi connectivity index (χ1n) is 6.44. The monoisotopic (exact) mass is 291 g/mol. The number of nitrogens with one attached hydrogen (secondary N) is 2. The molecule has 0 spiro atoms. The van der Waals surface area contributed by atoms with Crippen LogP contribution in [0.2, 0.25) is 0 Å². The number of carbonyl (C=O) groups is 2. The zero-order valence-corrected chi connectivity index (χ0v) is 12.1. The third-order valence-electron chi connectivity index (χ3n) is 2.41. The highest BCUT2D eigenvalue weighted by molar-refractivity contribution is 5.99. The van der Waals surface area contributed by atoms with Gasteiger partial charge in [-0.05, 0) is 26.8 Å². The smallest absolute Gasteiger partial charge is 0.408 e. The van der Waals surface area contributed by atoms with Crippen LogP contribution in [0.1, 0.15) is 20.8 Å². The number of fused-ring (bicyclic) bond motifs is 1. The maximum Gasteiger partial charge on any atom is 0.408 e. The number of hydrogen-bond donors (Lipinski definition) is 2. The number of pyridine rings is 1. The van der Waals surface area contributed by atoms with Gasteiger partial charge in [0.2, 0.25) is 5.91 Å². The molecule has 0 atom stereocenters. The molecule has 21 heavy (non-hydrogen) atoms. The Morgan fingerprint density at radius 1 is 1.33 bits per heavy atom. The summed E-state index contributed by atoms with van der Waals surface area (Å²) in [6.45, 7) is 5.05. The summed E-state index contributed by atoms with van der Waals surface area (Å²) in [5.74, 6) is -0.384. The number of ether oxygens (including phenoxy) is 1. The fourth-order valence-corrected chi connectivity index (χ4v) is 1.63. The molecule has 7 heteroatoms. The lowest BCUT2D eigenvalue weighted by atomic mass is 10.2. The summed E-state index contributed by atoms with van der Waals surface area (Å²) in [4.78, 5) is 27.3. The quantitative estimate of drug-likeness (QED) is 0.905. The van der Waals surface area contributed by atoms with E-state index in [1.807, 2.05) is 0 Å². The maximum absolute atomic E-state index is 11.8. The van der Waals surface area contributed by atoms with E-state index in [1.165, 1.54) is 6.26 Å². The van der Waals surface area contributed by atoms with Crippen LogP contribution in [0.5, 0.6) is 0 Å². The molecule has 112 valence electrons. The second kappa shape index (κ2) is 5.82. The number of rotatable bonds is 3. The van der Waals surface area contributed by atoms with Gasteiger partial charge >= 0.3 is 6.09 Å². The van der Waals surface area contributed by atoms with Crippen molar-refractivity contribution < 1.29 is 18.7 Å². The Kier molecular flexibility index (Phi) is 4.11. The molecule has 0 radical (unpaired) electrons. The van der Waals surface area contributed by atoms with Gasteiger partial charge < -0.3 is 19.8 Å². The topological polar surface area (TPSA) is 93.5 Å². The SMILES string of the molecule is CC(C)(C)OC(=O)NCC(=O)Nc1ccnc2ccoc12. The highest BCUT2D eigenvalue weighted by atomic mass is 16.6. The summed E-state index contributed by atoms with van der Waals surface area (Å²) in [6.07, 6.45) is 2.41. The van der Waals surface area contributed by atoms with Gasteiger partial charge in [0, 0.05) is 12.3 Å². The zero-order chi connectivity index (χ0) is 15.5. The molecule has 2 aromatic rings. The summed E-state index contributed by atoms with van der Waals surface area (Å²) in [5, 5.41) is 5.03. The first kappa shape index (κ1) is 14.8. The Morgan fingerprint density at radius 3 is 2.81 bits per heavy atom. The van der Waals surface area contributed by atoms with E-state index in [9.17, 15) is 9.59 Å². The fraction of sp³-hybridized carbons (Fsp3) is 0.357. The molecular weight excluding hydrogens is 274 g/mol. The first-order chi connectivity index (χ1) is 9.85. The van der Waals surface area contributed by atoms with Crippen LogP contribution < -0.4 is 10.6 Å². The van der Waals surface area contributed by atoms with Crippen LogP contribution in [0.4, 0.5) is 10.5 Å². The number of anilines is 1. The zero-order valence-electron chi connectivity index (χ0n) is 12.1. The number of amides is 2. The molecule has 0 saturated carbocycles. The van der Waals surface area contributed by atoms with Gasteiger partial charge in [0.1, 0.15) is 17.7 Å². The molecule has 2 aromatic heterocycles. The van der Waals surface area contributed by atoms with Gasteiger partial charge in [-0.25, -0.2) is 4.79 Å². The van der Waals surface area contributed by atoms with Crippen LogP contribution in [0.15, 0.2) is 29.0 Å². The molecule has 7 nitrogen and oxygen atoms in total. The highest BCUT2D eigenvalue weighted by Gasteiger charge is 2.17. The summed E-state index contributed by atoms with van der Waals surface area (Å²) in [6, 6.07) is 3.32. The van der Waals surface area contributed by atoms with Crippen LogP contribution in [0, 0.1) is 0 Å². The van der Waals surface area contributed by atoms with E-state index < -0.39 is 11.7 Å². The Bertz CT molecular complexity index is 658. The van der Waals surface area contributed by atoms with E-state index in [2.05, 4.69) is 15.6 Å². The van der Waals surface area contributed by atoms with Crippen molar-refractivity contribution in [2.45, 2.75) is 26.4 Å². The second-order valence-electron chi connectivity index (χ2n) is 5.40. The predicted octanol–water partition coefficient (Wildman–Crippen LogP) is 2.29. The van der Waals surface area contributed by atoms with Crippen molar-refractivity contribution in [3.8, 4) is 0 Å². The summed E-state index contributed by atoms with van der Waals surface area (Å²) >= 11 is 0. The van der Waals surface area contributed by atoms with Crippen molar-refractivity contribution in [1.29, 1.82) is 0 Å². The van der Waals surface area contributed by atoms with Crippen molar-refractivity contribution >= 4 is 28.8 Å². The van der Waals surface area contributed by atoms with Crippen LogP contribution in [-0.4, -0.2) is 29.1 Å². The maximum atomic E-state index is 11.8. The van der Waals surface area contributed by atoms with Gasteiger partial charge in [-0.1, -0.05) is 0 Å². The normalized spacial score (nSPS) is 11.2. The molecule has 0 aliphatic carbocycles. The van der Waals surface area contributed by atoms with Crippen molar-refractivity contribution in [2.75, 3.05) is 11.9 Å². The number of aromatic nitrogens is 1. The number of alkyl carbamates (subject to hydrolysis) is 1. The minimum Gasteiger partial charge on any atom is -0.460 e. The van der Waals surface area contributed by atoms with Crippen molar-refractivity contribution in [3.63, 3.8) is 0 Å². The van der Waals surface area contributed by atoms with Crippen molar-refractivity contribution in [2.24, 2.45) is 0 Å². The van der Waals surface area contributed by atoms with E-state index in [0.717, 1.165) is 0 Å². The third-order valence-corrected chi connectivity index (χ3v) is 2.41. The van der Waals surface area contributed by atoms with Crippen molar-refractivity contribution in [3.05, 3.63) is 24.6 Å². The largest absolute Gasteiger partial charge is 0.460 e. The molecule has 0 unspecified atom stereocenters. The Hall–Kier alpha value is -2.57. The number of hydrogen-bond acceptors (Lipinski definition) is 5. The first-order valence-corrected chi connectivity index (χ1v) is 6.44.